The fourth-order valence-electron chi connectivity index (χ4n) is 2.42. The number of benzene rings is 1. The van der Waals surface area contributed by atoms with Gasteiger partial charge in [0.1, 0.15) is 11.6 Å². The molecule has 1 atom stereocenters. The molecular formula is C14H16N4. The molecule has 18 heavy (non-hydrogen) atoms. The standard InChI is InChI=1S/C14H16N4/c1-2-10-8-13(18-15)17-14(16-10)12-7-9-5-3-4-6-11(9)12/h3-6,8,12H,2,7,15H2,1H3,(H,16,17,18). The van der Waals surface area contributed by atoms with E-state index < -0.39 is 0 Å². The summed E-state index contributed by atoms with van der Waals surface area (Å²) in [4.78, 5) is 9.09. The van der Waals surface area contributed by atoms with E-state index in [-0.39, 0.29) is 0 Å². The second kappa shape index (κ2) is 4.38. The zero-order valence-electron chi connectivity index (χ0n) is 10.4. The maximum absolute atomic E-state index is 5.46. The van der Waals surface area contributed by atoms with Crippen molar-refractivity contribution in [2.24, 2.45) is 5.84 Å². The molecule has 0 aliphatic heterocycles. The van der Waals surface area contributed by atoms with Crippen LogP contribution in [0.3, 0.4) is 0 Å². The molecule has 3 rings (SSSR count). The number of nitrogen functional groups attached to an aromatic ring is 1. The maximum Gasteiger partial charge on any atom is 0.143 e. The molecule has 4 heteroatoms. The molecular weight excluding hydrogens is 224 g/mol. The average molecular weight is 240 g/mol. The van der Waals surface area contributed by atoms with Gasteiger partial charge < -0.3 is 5.43 Å². The summed E-state index contributed by atoms with van der Waals surface area (Å²) in [6, 6.07) is 10.4. The highest BCUT2D eigenvalue weighted by Gasteiger charge is 2.29. The van der Waals surface area contributed by atoms with E-state index in [2.05, 4.69) is 46.6 Å². The fraction of sp³-hybridized carbons (Fsp3) is 0.286. The quantitative estimate of drug-likeness (QED) is 0.636. The zero-order chi connectivity index (χ0) is 12.5. The van der Waals surface area contributed by atoms with Gasteiger partial charge in [0.2, 0.25) is 0 Å². The molecule has 1 aromatic carbocycles. The Balaban J connectivity index is 1.99. The van der Waals surface area contributed by atoms with Crippen LogP contribution in [0.15, 0.2) is 30.3 Å². The minimum Gasteiger partial charge on any atom is -0.308 e. The van der Waals surface area contributed by atoms with Crippen LogP contribution in [0.25, 0.3) is 0 Å². The van der Waals surface area contributed by atoms with Crippen LogP contribution in [0.1, 0.15) is 35.5 Å². The molecule has 0 amide bonds. The number of anilines is 1. The smallest absolute Gasteiger partial charge is 0.143 e. The van der Waals surface area contributed by atoms with Crippen LogP contribution in [-0.2, 0) is 12.8 Å². The molecule has 0 saturated carbocycles. The van der Waals surface area contributed by atoms with Crippen LogP contribution in [0.2, 0.25) is 0 Å². The van der Waals surface area contributed by atoms with Gasteiger partial charge in [0.15, 0.2) is 0 Å². The number of nitrogens with one attached hydrogen (secondary N) is 1. The highest BCUT2D eigenvalue weighted by molar-refractivity contribution is 5.45. The van der Waals surface area contributed by atoms with Crippen molar-refractivity contribution in [3.8, 4) is 0 Å². The van der Waals surface area contributed by atoms with Gasteiger partial charge in [0.25, 0.3) is 0 Å². The van der Waals surface area contributed by atoms with Gasteiger partial charge in [-0.05, 0) is 24.0 Å². The second-order valence-electron chi connectivity index (χ2n) is 4.56. The van der Waals surface area contributed by atoms with Crippen molar-refractivity contribution in [1.82, 2.24) is 9.97 Å². The Morgan fingerprint density at radius 3 is 2.89 bits per heavy atom. The van der Waals surface area contributed by atoms with Gasteiger partial charge in [0.05, 0.1) is 0 Å². The highest BCUT2D eigenvalue weighted by Crippen LogP contribution is 2.38. The lowest BCUT2D eigenvalue weighted by molar-refractivity contribution is 0.654. The van der Waals surface area contributed by atoms with Gasteiger partial charge in [-0.15, -0.1) is 0 Å². The van der Waals surface area contributed by atoms with Crippen molar-refractivity contribution in [3.63, 3.8) is 0 Å². The lowest BCUT2D eigenvalue weighted by Crippen LogP contribution is -2.22. The van der Waals surface area contributed by atoms with E-state index in [4.69, 9.17) is 5.84 Å². The van der Waals surface area contributed by atoms with Gasteiger partial charge >= 0.3 is 0 Å². The van der Waals surface area contributed by atoms with Crippen LogP contribution < -0.4 is 11.3 Å². The van der Waals surface area contributed by atoms with E-state index in [1.165, 1.54) is 11.1 Å². The Morgan fingerprint density at radius 2 is 2.17 bits per heavy atom. The summed E-state index contributed by atoms with van der Waals surface area (Å²) >= 11 is 0. The van der Waals surface area contributed by atoms with Crippen LogP contribution >= 0.6 is 0 Å². The topological polar surface area (TPSA) is 63.8 Å². The predicted octanol–water partition coefficient (Wildman–Crippen LogP) is 2.01. The van der Waals surface area contributed by atoms with Gasteiger partial charge in [0, 0.05) is 17.7 Å². The number of fused-ring (bicyclic) bond motifs is 1. The Bertz CT molecular complexity index is 558. The van der Waals surface area contributed by atoms with Gasteiger partial charge in [-0.25, -0.2) is 15.8 Å². The third-order valence-corrected chi connectivity index (χ3v) is 3.47. The molecule has 1 aliphatic rings. The number of nitrogens with two attached hydrogens (primary N) is 1. The van der Waals surface area contributed by atoms with E-state index >= 15 is 0 Å². The summed E-state index contributed by atoms with van der Waals surface area (Å²) < 4.78 is 0. The Hall–Kier alpha value is -1.94. The normalized spacial score (nSPS) is 16.9. The minimum absolute atomic E-state index is 0.319. The molecule has 0 spiro atoms. The van der Waals surface area contributed by atoms with E-state index in [0.29, 0.717) is 11.7 Å². The molecule has 92 valence electrons. The largest absolute Gasteiger partial charge is 0.308 e. The summed E-state index contributed by atoms with van der Waals surface area (Å²) in [7, 11) is 0. The molecule has 1 aliphatic carbocycles. The van der Waals surface area contributed by atoms with Crippen molar-refractivity contribution >= 4 is 5.82 Å². The number of aromatic nitrogens is 2. The zero-order valence-corrected chi connectivity index (χ0v) is 10.4. The van der Waals surface area contributed by atoms with Gasteiger partial charge in [-0.2, -0.15) is 0 Å². The van der Waals surface area contributed by atoms with Crippen molar-refractivity contribution in [3.05, 3.63) is 53.0 Å². The highest BCUT2D eigenvalue weighted by atomic mass is 15.3. The predicted molar refractivity (Wildman–Crippen MR) is 71.2 cm³/mol. The van der Waals surface area contributed by atoms with Gasteiger partial charge in [-0.1, -0.05) is 31.2 Å². The number of hydrazine groups is 1. The molecule has 0 fully saturated rings. The number of rotatable bonds is 3. The number of hydrogen-bond acceptors (Lipinski definition) is 4. The molecule has 0 saturated heterocycles. The Labute approximate surface area is 106 Å². The van der Waals surface area contributed by atoms with E-state index in [1.54, 1.807) is 0 Å². The van der Waals surface area contributed by atoms with Gasteiger partial charge in [-0.3, -0.25) is 0 Å². The lowest BCUT2D eigenvalue weighted by Gasteiger charge is -2.29. The van der Waals surface area contributed by atoms with E-state index in [1.807, 2.05) is 6.07 Å². The lowest BCUT2D eigenvalue weighted by atomic mass is 9.77. The number of hydrogen-bond donors (Lipinski definition) is 2. The first-order chi connectivity index (χ1) is 8.81. The van der Waals surface area contributed by atoms with E-state index in [0.717, 1.165) is 24.4 Å². The Morgan fingerprint density at radius 1 is 1.33 bits per heavy atom. The SMILES string of the molecule is CCc1cc(NN)nc(C2Cc3ccccc32)n1. The second-order valence-corrected chi connectivity index (χ2v) is 4.56. The summed E-state index contributed by atoms with van der Waals surface area (Å²) in [5, 5.41) is 0. The molecule has 4 nitrogen and oxygen atoms in total. The first kappa shape index (κ1) is 11.2. The van der Waals surface area contributed by atoms with Crippen LogP contribution in [0.5, 0.6) is 0 Å². The first-order valence-corrected chi connectivity index (χ1v) is 6.24. The maximum atomic E-state index is 5.46. The van der Waals surface area contributed by atoms with Crippen LogP contribution in [-0.4, -0.2) is 9.97 Å². The number of nitrogens with zero attached hydrogens (tertiary/aromatic N) is 2. The summed E-state index contributed by atoms with van der Waals surface area (Å²) in [5.74, 6) is 7.35. The fourth-order valence-corrected chi connectivity index (χ4v) is 2.42. The monoisotopic (exact) mass is 240 g/mol. The number of aryl methyl sites for hydroxylation is 1. The first-order valence-electron chi connectivity index (χ1n) is 6.24. The third-order valence-electron chi connectivity index (χ3n) is 3.47. The molecule has 1 aromatic heterocycles. The minimum atomic E-state index is 0.319. The van der Waals surface area contributed by atoms with E-state index in [9.17, 15) is 0 Å². The summed E-state index contributed by atoms with van der Waals surface area (Å²) in [5.41, 5.74) is 6.38. The molecule has 0 bridgehead atoms. The Kier molecular flexibility index (Phi) is 2.72. The van der Waals surface area contributed by atoms with Crippen molar-refractivity contribution in [2.45, 2.75) is 25.7 Å². The summed E-state index contributed by atoms with van der Waals surface area (Å²) in [6.45, 7) is 2.08. The molecule has 1 heterocycles. The van der Waals surface area contributed by atoms with Crippen molar-refractivity contribution in [1.29, 1.82) is 0 Å². The molecule has 1 unspecified atom stereocenters. The summed E-state index contributed by atoms with van der Waals surface area (Å²) in [6.07, 6.45) is 1.91. The average Bonchev–Trinajstić information content (AvgIpc) is 2.39. The third kappa shape index (κ3) is 1.75. The van der Waals surface area contributed by atoms with Crippen molar-refractivity contribution < 1.29 is 0 Å². The molecule has 0 radical (unpaired) electrons. The van der Waals surface area contributed by atoms with Crippen LogP contribution in [0.4, 0.5) is 5.82 Å². The van der Waals surface area contributed by atoms with Crippen LogP contribution in [0, 0.1) is 0 Å². The van der Waals surface area contributed by atoms with Crippen molar-refractivity contribution in [2.75, 3.05) is 5.43 Å². The molecule has 3 N–H and O–H groups in total. The molecule has 2 aromatic rings.